The van der Waals surface area contributed by atoms with Gasteiger partial charge in [-0.05, 0) is 48.5 Å². The maximum atomic E-state index is 6.16. The van der Waals surface area contributed by atoms with Crippen molar-refractivity contribution < 1.29 is 0 Å². The second kappa shape index (κ2) is 6.13. The molecule has 3 N–H and O–H groups in total. The topological polar surface area (TPSA) is 38.0 Å². The Balaban J connectivity index is 2.72. The summed E-state index contributed by atoms with van der Waals surface area (Å²) in [6.45, 7) is 18.3. The molecule has 0 heterocycles. The van der Waals surface area contributed by atoms with Crippen LogP contribution >= 0.6 is 0 Å². The molecule has 0 saturated heterocycles. The van der Waals surface area contributed by atoms with E-state index in [0.29, 0.717) is 11.3 Å². The maximum absolute atomic E-state index is 6.16. The Bertz CT molecular complexity index is 275. The van der Waals surface area contributed by atoms with Crippen LogP contribution in [-0.2, 0) is 0 Å². The van der Waals surface area contributed by atoms with Crippen molar-refractivity contribution in [1.82, 2.24) is 5.32 Å². The van der Waals surface area contributed by atoms with E-state index in [0.717, 1.165) is 30.8 Å². The van der Waals surface area contributed by atoms with Gasteiger partial charge < -0.3 is 11.1 Å². The van der Waals surface area contributed by atoms with Gasteiger partial charge in [0, 0.05) is 12.1 Å². The van der Waals surface area contributed by atoms with Gasteiger partial charge >= 0.3 is 0 Å². The van der Waals surface area contributed by atoms with Crippen molar-refractivity contribution in [3.05, 3.63) is 0 Å². The number of nitrogens with one attached hydrogen (secondary N) is 1. The Morgan fingerprint density at radius 2 is 1.68 bits per heavy atom. The highest BCUT2D eigenvalue weighted by atomic mass is 15.0. The zero-order chi connectivity index (χ0) is 14.8. The first-order valence-electron chi connectivity index (χ1n) is 8.08. The van der Waals surface area contributed by atoms with E-state index in [1.807, 2.05) is 0 Å². The zero-order valence-corrected chi connectivity index (χ0v) is 14.2. The third-order valence-electron chi connectivity index (χ3n) is 5.36. The van der Waals surface area contributed by atoms with Gasteiger partial charge in [-0.2, -0.15) is 0 Å². The Morgan fingerprint density at radius 3 is 2.00 bits per heavy atom. The van der Waals surface area contributed by atoms with Crippen molar-refractivity contribution in [2.45, 2.75) is 66.8 Å². The fraction of sp³-hybridized carbons (Fsp3) is 1.00. The van der Waals surface area contributed by atoms with Crippen LogP contribution in [0.1, 0.15) is 61.3 Å². The van der Waals surface area contributed by atoms with Gasteiger partial charge in [0.2, 0.25) is 0 Å². The van der Waals surface area contributed by atoms with E-state index in [9.17, 15) is 0 Å². The molecule has 0 amide bonds. The molecule has 1 aliphatic carbocycles. The molecule has 1 fully saturated rings. The highest BCUT2D eigenvalue weighted by Crippen LogP contribution is 2.47. The Labute approximate surface area is 120 Å². The summed E-state index contributed by atoms with van der Waals surface area (Å²) < 4.78 is 0. The monoisotopic (exact) mass is 268 g/mol. The molecule has 0 spiro atoms. The molecule has 0 bridgehead atoms. The van der Waals surface area contributed by atoms with Crippen LogP contribution in [0, 0.1) is 29.1 Å². The van der Waals surface area contributed by atoms with Gasteiger partial charge in [0.15, 0.2) is 0 Å². The quantitative estimate of drug-likeness (QED) is 0.771. The van der Waals surface area contributed by atoms with E-state index in [4.69, 9.17) is 5.73 Å². The first kappa shape index (κ1) is 17.0. The number of nitrogens with two attached hydrogens (primary N) is 1. The molecule has 2 atom stereocenters. The lowest BCUT2D eigenvalue weighted by Crippen LogP contribution is -2.55. The molecular weight excluding hydrogens is 232 g/mol. The summed E-state index contributed by atoms with van der Waals surface area (Å²) in [6, 6.07) is 0. The molecule has 0 aromatic carbocycles. The Kier molecular flexibility index (Phi) is 5.48. The summed E-state index contributed by atoms with van der Waals surface area (Å²) >= 11 is 0. The van der Waals surface area contributed by atoms with E-state index in [1.165, 1.54) is 12.8 Å². The summed E-state index contributed by atoms with van der Waals surface area (Å²) in [7, 11) is 0. The van der Waals surface area contributed by atoms with Crippen LogP contribution in [0.4, 0.5) is 0 Å². The van der Waals surface area contributed by atoms with E-state index in [1.54, 1.807) is 0 Å². The average Bonchev–Trinajstić information content (AvgIpc) is 2.48. The second-order valence-corrected chi connectivity index (χ2v) is 8.34. The van der Waals surface area contributed by atoms with Gasteiger partial charge in [0.05, 0.1) is 0 Å². The van der Waals surface area contributed by atoms with E-state index >= 15 is 0 Å². The van der Waals surface area contributed by atoms with Crippen LogP contribution in [0.5, 0.6) is 0 Å². The Morgan fingerprint density at radius 1 is 1.16 bits per heavy atom. The zero-order valence-electron chi connectivity index (χ0n) is 14.2. The van der Waals surface area contributed by atoms with E-state index in [2.05, 4.69) is 53.8 Å². The molecule has 0 aliphatic heterocycles. The predicted molar refractivity (Wildman–Crippen MR) is 85.1 cm³/mol. The molecule has 19 heavy (non-hydrogen) atoms. The lowest BCUT2D eigenvalue weighted by Gasteiger charge is -2.38. The van der Waals surface area contributed by atoms with Gasteiger partial charge in [-0.15, -0.1) is 0 Å². The molecular formula is C17H36N2. The molecule has 1 saturated carbocycles. The molecule has 0 aromatic heterocycles. The molecule has 2 unspecified atom stereocenters. The van der Waals surface area contributed by atoms with Crippen LogP contribution in [0.2, 0.25) is 0 Å². The fourth-order valence-corrected chi connectivity index (χ4v) is 4.27. The number of hydrogen-bond acceptors (Lipinski definition) is 2. The molecule has 0 aromatic rings. The highest BCUT2D eigenvalue weighted by Gasteiger charge is 2.47. The SMILES string of the molecule is CC(C)C(CNC1(CN)CC(C)(C)CC1C)C(C)C. The maximum Gasteiger partial charge on any atom is 0.0335 e. The second-order valence-electron chi connectivity index (χ2n) is 8.34. The first-order chi connectivity index (χ1) is 8.63. The normalized spacial score (nSPS) is 30.8. The van der Waals surface area contributed by atoms with Gasteiger partial charge in [-0.3, -0.25) is 0 Å². The van der Waals surface area contributed by atoms with Gasteiger partial charge in [-0.1, -0.05) is 48.5 Å². The summed E-state index contributed by atoms with van der Waals surface area (Å²) in [4.78, 5) is 0. The molecule has 2 nitrogen and oxygen atoms in total. The third-order valence-corrected chi connectivity index (χ3v) is 5.36. The van der Waals surface area contributed by atoms with Gasteiger partial charge in [-0.25, -0.2) is 0 Å². The van der Waals surface area contributed by atoms with Crippen LogP contribution in [-0.4, -0.2) is 18.6 Å². The molecule has 2 heteroatoms. The van der Waals surface area contributed by atoms with Crippen molar-refractivity contribution in [2.75, 3.05) is 13.1 Å². The van der Waals surface area contributed by atoms with Gasteiger partial charge in [0.25, 0.3) is 0 Å². The number of hydrogen-bond donors (Lipinski definition) is 2. The predicted octanol–water partition coefficient (Wildman–Crippen LogP) is 3.66. The summed E-state index contributed by atoms with van der Waals surface area (Å²) in [5.41, 5.74) is 6.74. The van der Waals surface area contributed by atoms with E-state index < -0.39 is 0 Å². The van der Waals surface area contributed by atoms with Crippen molar-refractivity contribution in [1.29, 1.82) is 0 Å². The summed E-state index contributed by atoms with van der Waals surface area (Å²) in [5, 5.41) is 3.89. The average molecular weight is 268 g/mol. The Hall–Kier alpha value is -0.0800. The largest absolute Gasteiger partial charge is 0.329 e. The van der Waals surface area contributed by atoms with Crippen molar-refractivity contribution in [2.24, 2.45) is 34.8 Å². The molecule has 0 radical (unpaired) electrons. The van der Waals surface area contributed by atoms with Crippen LogP contribution < -0.4 is 11.1 Å². The van der Waals surface area contributed by atoms with Crippen molar-refractivity contribution >= 4 is 0 Å². The lowest BCUT2D eigenvalue weighted by molar-refractivity contribution is 0.200. The van der Waals surface area contributed by atoms with Crippen molar-refractivity contribution in [3.8, 4) is 0 Å². The summed E-state index contributed by atoms with van der Waals surface area (Å²) in [6.07, 6.45) is 2.49. The van der Waals surface area contributed by atoms with E-state index in [-0.39, 0.29) is 5.54 Å². The fourth-order valence-electron chi connectivity index (χ4n) is 4.27. The van der Waals surface area contributed by atoms with Crippen LogP contribution in [0.15, 0.2) is 0 Å². The number of rotatable bonds is 6. The third kappa shape index (κ3) is 3.95. The first-order valence-corrected chi connectivity index (χ1v) is 8.08. The minimum Gasteiger partial charge on any atom is -0.329 e. The van der Waals surface area contributed by atoms with Crippen LogP contribution in [0.25, 0.3) is 0 Å². The van der Waals surface area contributed by atoms with Crippen molar-refractivity contribution in [3.63, 3.8) is 0 Å². The van der Waals surface area contributed by atoms with Crippen LogP contribution in [0.3, 0.4) is 0 Å². The minimum atomic E-state index is 0.158. The molecule has 1 rings (SSSR count). The smallest absolute Gasteiger partial charge is 0.0335 e. The van der Waals surface area contributed by atoms with Gasteiger partial charge in [0.1, 0.15) is 0 Å². The molecule has 114 valence electrons. The minimum absolute atomic E-state index is 0.158. The summed E-state index contributed by atoms with van der Waals surface area (Å²) in [5.74, 6) is 2.87. The molecule has 1 aliphatic rings. The lowest BCUT2D eigenvalue weighted by atomic mass is 9.82. The standard InChI is InChI=1S/C17H36N2/c1-12(2)15(13(3)4)9-19-17(11-18)10-16(6,7)8-14(17)5/h12-15,19H,8-11,18H2,1-7H3. The highest BCUT2D eigenvalue weighted by molar-refractivity contribution is 5.05.